The molecule has 0 N–H and O–H groups in total. The fourth-order valence-corrected chi connectivity index (χ4v) is 3.25. The molecule has 1 aromatic carbocycles. The summed E-state index contributed by atoms with van der Waals surface area (Å²) in [6, 6.07) is 6.72. The van der Waals surface area contributed by atoms with Gasteiger partial charge in [-0.1, -0.05) is 32.1 Å². The number of imide groups is 1. The minimum atomic E-state index is -2.85. The third kappa shape index (κ3) is 3.73. The normalized spacial score (nSPS) is 17.4. The molecule has 0 bridgehead atoms. The average Bonchev–Trinajstić information content (AvgIpc) is 2.71. The smallest absolute Gasteiger partial charge is 0.261 e. The van der Waals surface area contributed by atoms with Crippen LogP contribution in [0.4, 0.5) is 0 Å². The molecule has 1 aromatic rings. The highest BCUT2D eigenvalue weighted by Crippen LogP contribution is 2.44. The molecule has 0 spiro atoms. The first kappa shape index (κ1) is 16.7. The Labute approximate surface area is 130 Å². The van der Waals surface area contributed by atoms with Crippen LogP contribution in [-0.4, -0.2) is 36.5 Å². The van der Waals surface area contributed by atoms with Crippen molar-refractivity contribution >= 4 is 19.2 Å². The summed E-state index contributed by atoms with van der Waals surface area (Å²) in [7, 11) is -2.85. The van der Waals surface area contributed by atoms with Crippen molar-refractivity contribution in [1.29, 1.82) is 0 Å². The second kappa shape index (κ2) is 6.59. The van der Waals surface area contributed by atoms with Crippen LogP contribution in [0, 0.1) is 5.92 Å². The number of rotatable bonds is 6. The predicted molar refractivity (Wildman–Crippen MR) is 85.3 cm³/mol. The largest absolute Gasteiger partial charge is 0.326 e. The first-order valence-corrected chi connectivity index (χ1v) is 9.30. The predicted octanol–water partition coefficient (Wildman–Crippen LogP) is 3.38. The third-order valence-corrected chi connectivity index (χ3v) is 4.62. The molecule has 6 heteroatoms. The second-order valence-corrected chi connectivity index (χ2v) is 8.12. The minimum absolute atomic E-state index is 0.0925. The summed E-state index contributed by atoms with van der Waals surface area (Å²) in [6.45, 7) is 5.97. The second-order valence-electron chi connectivity index (χ2n) is 5.75. The van der Waals surface area contributed by atoms with E-state index >= 15 is 0 Å². The van der Waals surface area contributed by atoms with E-state index in [9.17, 15) is 14.2 Å². The summed E-state index contributed by atoms with van der Waals surface area (Å²) in [5.74, 6) is 1.11. The number of hydrogen-bond donors (Lipinski definition) is 0. The Hall–Kier alpha value is -1.71. The van der Waals surface area contributed by atoms with Crippen LogP contribution in [0.5, 0.6) is 0 Å². The standard InChI is InChI=1S/C16H20NO4P/c1-12(2)11-21-22(3,20)10-6-9-17-15(18)13-7-4-5-8-14(13)16(17)19/h4-8,10,12H,9,11H2,1-3H3/b10-6+. The zero-order valence-electron chi connectivity index (χ0n) is 13.0. The molecule has 2 rings (SSSR count). The summed E-state index contributed by atoms with van der Waals surface area (Å²) in [5, 5.41) is 0. The van der Waals surface area contributed by atoms with E-state index in [1.165, 1.54) is 12.5 Å². The van der Waals surface area contributed by atoms with E-state index in [4.69, 9.17) is 4.52 Å². The lowest BCUT2D eigenvalue weighted by atomic mass is 10.1. The molecule has 0 aliphatic carbocycles. The molecule has 1 aliphatic heterocycles. The van der Waals surface area contributed by atoms with Crippen LogP contribution < -0.4 is 0 Å². The fourth-order valence-electron chi connectivity index (χ4n) is 2.09. The van der Waals surface area contributed by atoms with Crippen molar-refractivity contribution in [3.63, 3.8) is 0 Å². The summed E-state index contributed by atoms with van der Waals surface area (Å²) < 4.78 is 17.5. The van der Waals surface area contributed by atoms with Gasteiger partial charge in [0.2, 0.25) is 7.37 Å². The molecule has 1 heterocycles. The van der Waals surface area contributed by atoms with Gasteiger partial charge < -0.3 is 4.52 Å². The van der Waals surface area contributed by atoms with E-state index in [-0.39, 0.29) is 24.3 Å². The molecule has 0 fully saturated rings. The van der Waals surface area contributed by atoms with E-state index in [0.29, 0.717) is 17.7 Å². The minimum Gasteiger partial charge on any atom is -0.326 e. The van der Waals surface area contributed by atoms with Gasteiger partial charge in [-0.2, -0.15) is 0 Å². The topological polar surface area (TPSA) is 63.7 Å². The van der Waals surface area contributed by atoms with Gasteiger partial charge in [0.25, 0.3) is 11.8 Å². The lowest BCUT2D eigenvalue weighted by molar-refractivity contribution is 0.0672. The molecular weight excluding hydrogens is 301 g/mol. The summed E-state index contributed by atoms with van der Waals surface area (Å²) >= 11 is 0. The number of fused-ring (bicyclic) bond motifs is 1. The van der Waals surface area contributed by atoms with Gasteiger partial charge in [-0.05, 0) is 23.9 Å². The van der Waals surface area contributed by atoms with Crippen LogP contribution in [0.15, 0.2) is 36.2 Å². The Balaban J connectivity index is 2.01. The van der Waals surface area contributed by atoms with Crippen molar-refractivity contribution < 1.29 is 18.7 Å². The van der Waals surface area contributed by atoms with Gasteiger partial charge in [0.15, 0.2) is 0 Å². The first-order valence-electron chi connectivity index (χ1n) is 7.16. The van der Waals surface area contributed by atoms with E-state index in [1.807, 2.05) is 13.8 Å². The third-order valence-electron chi connectivity index (χ3n) is 3.21. The van der Waals surface area contributed by atoms with Crippen molar-refractivity contribution in [3.05, 3.63) is 47.3 Å². The molecule has 1 atom stereocenters. The number of hydrogen-bond acceptors (Lipinski definition) is 4. The van der Waals surface area contributed by atoms with Gasteiger partial charge in [0, 0.05) is 13.2 Å². The molecular formula is C16H20NO4P. The maximum Gasteiger partial charge on any atom is 0.261 e. The summed E-state index contributed by atoms with van der Waals surface area (Å²) in [4.78, 5) is 25.4. The van der Waals surface area contributed by atoms with Gasteiger partial charge in [-0.15, -0.1) is 0 Å². The Morgan fingerprint density at radius 2 is 1.73 bits per heavy atom. The quantitative estimate of drug-likeness (QED) is 0.595. The van der Waals surface area contributed by atoms with Gasteiger partial charge >= 0.3 is 0 Å². The molecule has 2 amide bonds. The van der Waals surface area contributed by atoms with Gasteiger partial charge in [-0.25, -0.2) is 0 Å². The van der Waals surface area contributed by atoms with Crippen LogP contribution in [-0.2, 0) is 9.09 Å². The highest BCUT2D eigenvalue weighted by molar-refractivity contribution is 7.61. The maximum absolute atomic E-state index is 12.2. The summed E-state index contributed by atoms with van der Waals surface area (Å²) in [5.41, 5.74) is 0.827. The molecule has 0 saturated carbocycles. The highest BCUT2D eigenvalue weighted by Gasteiger charge is 2.34. The summed E-state index contributed by atoms with van der Waals surface area (Å²) in [6.07, 6.45) is 1.56. The fraction of sp³-hybridized carbons (Fsp3) is 0.375. The lowest BCUT2D eigenvalue weighted by Gasteiger charge is -2.13. The number of amides is 2. The Morgan fingerprint density at radius 3 is 2.23 bits per heavy atom. The van der Waals surface area contributed by atoms with Crippen molar-refractivity contribution in [2.75, 3.05) is 19.8 Å². The van der Waals surface area contributed by atoms with Crippen LogP contribution in [0.3, 0.4) is 0 Å². The van der Waals surface area contributed by atoms with Crippen molar-refractivity contribution in [3.8, 4) is 0 Å². The first-order chi connectivity index (χ1) is 10.3. The number of carbonyl (C=O) groups is 2. The number of carbonyl (C=O) groups excluding carboxylic acids is 2. The van der Waals surface area contributed by atoms with Crippen LogP contribution >= 0.6 is 7.37 Å². The zero-order chi connectivity index (χ0) is 16.3. The molecule has 1 aliphatic rings. The lowest BCUT2D eigenvalue weighted by Crippen LogP contribution is -2.29. The van der Waals surface area contributed by atoms with Crippen molar-refractivity contribution in [2.45, 2.75) is 13.8 Å². The zero-order valence-corrected chi connectivity index (χ0v) is 13.9. The highest BCUT2D eigenvalue weighted by atomic mass is 31.2. The molecule has 1 unspecified atom stereocenters. The maximum atomic E-state index is 12.2. The average molecular weight is 321 g/mol. The molecule has 5 nitrogen and oxygen atoms in total. The number of benzene rings is 1. The van der Waals surface area contributed by atoms with Crippen LogP contribution in [0.25, 0.3) is 0 Å². The van der Waals surface area contributed by atoms with Crippen molar-refractivity contribution in [2.24, 2.45) is 5.92 Å². The molecule has 0 aromatic heterocycles. The van der Waals surface area contributed by atoms with Gasteiger partial charge in [0.05, 0.1) is 17.7 Å². The van der Waals surface area contributed by atoms with Gasteiger partial charge in [0.1, 0.15) is 0 Å². The molecule has 118 valence electrons. The molecule has 0 saturated heterocycles. The Kier molecular flexibility index (Phi) is 4.99. The van der Waals surface area contributed by atoms with E-state index in [0.717, 1.165) is 4.90 Å². The van der Waals surface area contributed by atoms with E-state index < -0.39 is 7.37 Å². The van der Waals surface area contributed by atoms with Crippen LogP contribution in [0.1, 0.15) is 34.6 Å². The van der Waals surface area contributed by atoms with Crippen LogP contribution in [0.2, 0.25) is 0 Å². The Morgan fingerprint density at radius 1 is 1.18 bits per heavy atom. The van der Waals surface area contributed by atoms with Crippen molar-refractivity contribution in [1.82, 2.24) is 4.90 Å². The van der Waals surface area contributed by atoms with Gasteiger partial charge in [-0.3, -0.25) is 19.1 Å². The Bertz CT molecular complexity index is 631. The molecule has 22 heavy (non-hydrogen) atoms. The monoisotopic (exact) mass is 321 g/mol. The van der Waals surface area contributed by atoms with E-state index in [1.54, 1.807) is 30.3 Å². The molecule has 0 radical (unpaired) electrons. The number of nitrogens with zero attached hydrogens (tertiary/aromatic N) is 1. The SMILES string of the molecule is CC(C)COP(C)(=O)/C=C/CN1C(=O)c2ccccc2C1=O. The van der Waals surface area contributed by atoms with E-state index in [2.05, 4.69) is 0 Å².